The van der Waals surface area contributed by atoms with Gasteiger partial charge in [0, 0.05) is 20.2 Å². The summed E-state index contributed by atoms with van der Waals surface area (Å²) in [5.74, 6) is 0.748. The molecule has 1 aromatic rings. The van der Waals surface area contributed by atoms with Gasteiger partial charge in [0.15, 0.2) is 0 Å². The second-order valence-electron chi connectivity index (χ2n) is 4.31. The molecule has 0 spiro atoms. The summed E-state index contributed by atoms with van der Waals surface area (Å²) < 4.78 is 7.10. The van der Waals surface area contributed by atoms with Gasteiger partial charge in [0.2, 0.25) is 5.88 Å². The van der Waals surface area contributed by atoms with Gasteiger partial charge >= 0.3 is 0 Å². The van der Waals surface area contributed by atoms with Gasteiger partial charge in [0.1, 0.15) is 0 Å². The number of aliphatic hydroxyl groups excluding tert-OH is 1. The van der Waals surface area contributed by atoms with Crippen LogP contribution in [0.1, 0.15) is 30.1 Å². The van der Waals surface area contributed by atoms with Crippen molar-refractivity contribution >= 4 is 0 Å². The van der Waals surface area contributed by atoms with Crippen LogP contribution in [0.3, 0.4) is 0 Å². The van der Waals surface area contributed by atoms with E-state index in [-0.39, 0.29) is 12.6 Å². The molecule has 1 atom stereocenters. The Bertz CT molecular complexity index is 365. The zero-order valence-electron chi connectivity index (χ0n) is 11.4. The lowest BCUT2D eigenvalue weighted by Gasteiger charge is -2.17. The van der Waals surface area contributed by atoms with E-state index in [1.165, 1.54) is 0 Å². The average molecular weight is 256 g/mol. The van der Waals surface area contributed by atoms with Crippen molar-refractivity contribution in [1.29, 1.82) is 0 Å². The first-order valence-electron chi connectivity index (χ1n) is 6.27. The Labute approximate surface area is 108 Å². The summed E-state index contributed by atoms with van der Waals surface area (Å²) in [4.78, 5) is 0. The SMILES string of the molecule is COc1c(C(CN)NCCCCO)c(C)nn1C. The molecular formula is C12H24N4O2. The second kappa shape index (κ2) is 7.35. The summed E-state index contributed by atoms with van der Waals surface area (Å²) in [6.07, 6.45) is 1.72. The maximum Gasteiger partial charge on any atom is 0.216 e. The summed E-state index contributed by atoms with van der Waals surface area (Å²) in [5, 5.41) is 16.5. The molecule has 0 aliphatic carbocycles. The molecule has 18 heavy (non-hydrogen) atoms. The molecule has 0 amide bonds. The van der Waals surface area contributed by atoms with Gasteiger partial charge in [-0.15, -0.1) is 0 Å². The van der Waals surface area contributed by atoms with E-state index in [0.717, 1.165) is 36.5 Å². The van der Waals surface area contributed by atoms with Gasteiger partial charge in [-0.3, -0.25) is 0 Å². The summed E-state index contributed by atoms with van der Waals surface area (Å²) in [6, 6.07) is 0.0346. The van der Waals surface area contributed by atoms with Gasteiger partial charge in [-0.25, -0.2) is 4.68 Å². The molecule has 1 heterocycles. The fraction of sp³-hybridized carbons (Fsp3) is 0.750. The van der Waals surface area contributed by atoms with Crippen LogP contribution < -0.4 is 15.8 Å². The number of unbranched alkanes of at least 4 members (excludes halogenated alkanes) is 1. The fourth-order valence-electron chi connectivity index (χ4n) is 2.11. The Morgan fingerprint density at radius 2 is 2.22 bits per heavy atom. The molecule has 0 aliphatic heterocycles. The first-order valence-corrected chi connectivity index (χ1v) is 6.27. The fourth-order valence-corrected chi connectivity index (χ4v) is 2.11. The third-order valence-corrected chi connectivity index (χ3v) is 2.97. The average Bonchev–Trinajstić information content (AvgIpc) is 2.64. The van der Waals surface area contributed by atoms with Crippen molar-refractivity contribution in [2.24, 2.45) is 12.8 Å². The summed E-state index contributed by atoms with van der Waals surface area (Å²) in [7, 11) is 3.49. The predicted octanol–water partition coefficient (Wildman–Crippen LogP) is 0.0990. The standard InChI is InChI=1S/C12H24N4O2/c1-9-11(12(18-3)16(2)15-9)10(8-13)14-6-4-5-7-17/h10,14,17H,4-8,13H2,1-3H3. The van der Waals surface area contributed by atoms with Gasteiger partial charge < -0.3 is 20.9 Å². The number of aromatic nitrogens is 2. The van der Waals surface area contributed by atoms with Crippen molar-refractivity contribution in [3.63, 3.8) is 0 Å². The number of aryl methyl sites for hydroxylation is 2. The Morgan fingerprint density at radius 1 is 1.50 bits per heavy atom. The minimum absolute atomic E-state index is 0.0346. The minimum Gasteiger partial charge on any atom is -0.481 e. The van der Waals surface area contributed by atoms with Crippen LogP contribution >= 0.6 is 0 Å². The number of ether oxygens (including phenoxy) is 1. The molecule has 0 bridgehead atoms. The Kier molecular flexibility index (Phi) is 6.11. The quantitative estimate of drug-likeness (QED) is 0.574. The van der Waals surface area contributed by atoms with Gasteiger partial charge in [-0.05, 0) is 26.3 Å². The highest BCUT2D eigenvalue weighted by Crippen LogP contribution is 2.27. The summed E-state index contributed by atoms with van der Waals surface area (Å²) in [6.45, 7) is 3.49. The maximum absolute atomic E-state index is 8.75. The minimum atomic E-state index is 0.0346. The van der Waals surface area contributed by atoms with Crippen LogP contribution in [0.25, 0.3) is 0 Å². The number of methoxy groups -OCH3 is 1. The van der Waals surface area contributed by atoms with Crippen LogP contribution in [0.15, 0.2) is 0 Å². The van der Waals surface area contributed by atoms with Crippen molar-refractivity contribution in [3.05, 3.63) is 11.3 Å². The van der Waals surface area contributed by atoms with Crippen LogP contribution in [0.5, 0.6) is 5.88 Å². The van der Waals surface area contributed by atoms with E-state index in [9.17, 15) is 0 Å². The highest BCUT2D eigenvalue weighted by molar-refractivity contribution is 5.34. The number of rotatable bonds is 8. The Morgan fingerprint density at radius 3 is 2.78 bits per heavy atom. The number of nitrogens with one attached hydrogen (secondary N) is 1. The molecule has 104 valence electrons. The molecule has 0 aliphatic rings. The third kappa shape index (κ3) is 3.44. The molecule has 0 aromatic carbocycles. The van der Waals surface area contributed by atoms with Crippen molar-refractivity contribution in [3.8, 4) is 5.88 Å². The molecule has 0 radical (unpaired) electrons. The molecule has 1 aromatic heterocycles. The molecule has 6 nitrogen and oxygen atoms in total. The molecule has 0 saturated heterocycles. The van der Waals surface area contributed by atoms with Crippen LogP contribution in [0, 0.1) is 6.92 Å². The smallest absolute Gasteiger partial charge is 0.216 e. The summed E-state index contributed by atoms with van der Waals surface area (Å²) in [5.41, 5.74) is 7.77. The highest BCUT2D eigenvalue weighted by Gasteiger charge is 2.21. The molecule has 0 fully saturated rings. The van der Waals surface area contributed by atoms with E-state index in [1.807, 2.05) is 14.0 Å². The van der Waals surface area contributed by atoms with Crippen molar-refractivity contribution in [2.45, 2.75) is 25.8 Å². The summed E-state index contributed by atoms with van der Waals surface area (Å²) >= 11 is 0. The van der Waals surface area contributed by atoms with Crippen molar-refractivity contribution < 1.29 is 9.84 Å². The topological polar surface area (TPSA) is 85.3 Å². The van der Waals surface area contributed by atoms with E-state index >= 15 is 0 Å². The van der Waals surface area contributed by atoms with E-state index in [2.05, 4.69) is 10.4 Å². The highest BCUT2D eigenvalue weighted by atomic mass is 16.5. The molecule has 6 heteroatoms. The van der Waals surface area contributed by atoms with Crippen molar-refractivity contribution in [1.82, 2.24) is 15.1 Å². The van der Waals surface area contributed by atoms with Crippen LogP contribution in [-0.2, 0) is 7.05 Å². The van der Waals surface area contributed by atoms with Crippen molar-refractivity contribution in [2.75, 3.05) is 26.8 Å². The molecule has 4 N–H and O–H groups in total. The maximum atomic E-state index is 8.75. The van der Waals surface area contributed by atoms with E-state index in [4.69, 9.17) is 15.6 Å². The third-order valence-electron chi connectivity index (χ3n) is 2.97. The number of aliphatic hydroxyl groups is 1. The van der Waals surface area contributed by atoms with Crippen LogP contribution in [-0.4, -0.2) is 41.7 Å². The van der Waals surface area contributed by atoms with E-state index in [0.29, 0.717) is 6.54 Å². The first-order chi connectivity index (χ1) is 8.65. The zero-order chi connectivity index (χ0) is 13.5. The molecular weight excluding hydrogens is 232 g/mol. The normalized spacial score (nSPS) is 12.7. The Balaban J connectivity index is 2.75. The van der Waals surface area contributed by atoms with Gasteiger partial charge in [-0.2, -0.15) is 5.10 Å². The lowest BCUT2D eigenvalue weighted by molar-refractivity contribution is 0.282. The number of hydrogen-bond donors (Lipinski definition) is 3. The largest absolute Gasteiger partial charge is 0.481 e. The second-order valence-corrected chi connectivity index (χ2v) is 4.31. The van der Waals surface area contributed by atoms with Crippen LogP contribution in [0.4, 0.5) is 0 Å². The molecule has 0 saturated carbocycles. The van der Waals surface area contributed by atoms with E-state index in [1.54, 1.807) is 11.8 Å². The number of nitrogens with two attached hydrogens (primary N) is 1. The zero-order valence-corrected chi connectivity index (χ0v) is 11.4. The van der Waals surface area contributed by atoms with E-state index < -0.39 is 0 Å². The van der Waals surface area contributed by atoms with Gasteiger partial charge in [0.25, 0.3) is 0 Å². The monoisotopic (exact) mass is 256 g/mol. The van der Waals surface area contributed by atoms with Gasteiger partial charge in [0.05, 0.1) is 24.4 Å². The molecule has 1 unspecified atom stereocenters. The number of hydrogen-bond acceptors (Lipinski definition) is 5. The predicted molar refractivity (Wildman–Crippen MR) is 70.6 cm³/mol. The lowest BCUT2D eigenvalue weighted by Crippen LogP contribution is -2.29. The molecule has 1 rings (SSSR count). The first kappa shape index (κ1) is 14.9. The Hall–Kier alpha value is -1.11. The van der Waals surface area contributed by atoms with Gasteiger partial charge in [-0.1, -0.05) is 0 Å². The lowest BCUT2D eigenvalue weighted by atomic mass is 10.1. The van der Waals surface area contributed by atoms with Crippen LogP contribution in [0.2, 0.25) is 0 Å². The number of nitrogens with zero attached hydrogens (tertiary/aromatic N) is 2.